The van der Waals surface area contributed by atoms with Crippen molar-refractivity contribution < 1.29 is 37.8 Å². The molecule has 0 saturated heterocycles. The number of aromatic hydroxyl groups is 1. The minimum Gasteiger partial charge on any atom is -0.504 e. The third kappa shape index (κ3) is 8.77. The number of nitrogens with one attached hydrogen (secondary N) is 2. The van der Waals surface area contributed by atoms with E-state index in [2.05, 4.69) is 10.0 Å². The summed E-state index contributed by atoms with van der Waals surface area (Å²) in [6.07, 6.45) is -0.527. The Bertz CT molecular complexity index is 1380. The number of alkyl carbamates (subject to hydrolysis) is 1. The van der Waals surface area contributed by atoms with Gasteiger partial charge in [-0.25, -0.2) is 27.5 Å². The Labute approximate surface area is 246 Å². The molecule has 16 heteroatoms. The van der Waals surface area contributed by atoms with Gasteiger partial charge in [-0.2, -0.15) is 0 Å². The number of nitrogens with zero attached hydrogens (tertiary/aromatic N) is 1. The van der Waals surface area contributed by atoms with Gasteiger partial charge in [0.2, 0.25) is 10.0 Å². The number of halogens is 3. The number of rotatable bonds is 11. The lowest BCUT2D eigenvalue weighted by Gasteiger charge is -2.24. The maximum atomic E-state index is 13.1. The fraction of sp³-hybridized carbons (Fsp3) is 0.375. The topological polar surface area (TPSA) is 188 Å². The molecule has 0 aliphatic heterocycles. The first kappa shape index (κ1) is 33.2. The maximum Gasteiger partial charge on any atom is 0.408 e. The lowest BCUT2D eigenvalue weighted by atomic mass is 10.1. The van der Waals surface area contributed by atoms with Crippen molar-refractivity contribution in [3.8, 4) is 5.75 Å². The van der Waals surface area contributed by atoms with E-state index >= 15 is 0 Å². The predicted octanol–water partition coefficient (Wildman–Crippen LogP) is 5.00. The minimum absolute atomic E-state index is 0.00817. The van der Waals surface area contributed by atoms with Crippen LogP contribution in [0.2, 0.25) is 15.1 Å². The molecule has 12 nitrogen and oxygen atoms in total. The van der Waals surface area contributed by atoms with Gasteiger partial charge in [-0.3, -0.25) is 4.90 Å². The van der Waals surface area contributed by atoms with Crippen molar-refractivity contribution in [1.29, 1.82) is 0 Å². The lowest BCUT2D eigenvalue weighted by Crippen LogP contribution is -2.43. The molecule has 2 aromatic carbocycles. The smallest absolute Gasteiger partial charge is 0.408 e. The molecule has 40 heavy (non-hydrogen) atoms. The Morgan fingerprint density at radius 2 is 1.70 bits per heavy atom. The third-order valence-corrected chi connectivity index (χ3v) is 7.94. The summed E-state index contributed by atoms with van der Waals surface area (Å²) in [6.45, 7) is 4.73. The highest BCUT2D eigenvalue weighted by Crippen LogP contribution is 2.44. The molecule has 2 aromatic rings. The predicted molar refractivity (Wildman–Crippen MR) is 151 cm³/mol. The first-order chi connectivity index (χ1) is 18.5. The summed E-state index contributed by atoms with van der Waals surface area (Å²) >= 11 is 18.3. The van der Waals surface area contributed by atoms with Crippen LogP contribution < -0.4 is 20.7 Å². The van der Waals surface area contributed by atoms with Crippen molar-refractivity contribution in [2.75, 3.05) is 11.4 Å². The number of ether oxygens (including phenoxy) is 1. The number of hydrogen-bond acceptors (Lipinski definition) is 7. The zero-order valence-electron chi connectivity index (χ0n) is 21.7. The van der Waals surface area contributed by atoms with Gasteiger partial charge in [-0.15, -0.1) is 0 Å². The number of benzene rings is 2. The van der Waals surface area contributed by atoms with E-state index in [0.29, 0.717) is 0 Å². The first-order valence-electron chi connectivity index (χ1n) is 11.7. The highest BCUT2D eigenvalue weighted by molar-refractivity contribution is 7.89. The van der Waals surface area contributed by atoms with E-state index in [0.717, 1.165) is 11.0 Å². The van der Waals surface area contributed by atoms with Crippen LogP contribution in [0.4, 0.5) is 21.0 Å². The van der Waals surface area contributed by atoms with Gasteiger partial charge in [-0.1, -0.05) is 40.9 Å². The number of anilines is 2. The van der Waals surface area contributed by atoms with Crippen molar-refractivity contribution in [1.82, 2.24) is 10.0 Å². The largest absolute Gasteiger partial charge is 0.504 e. The van der Waals surface area contributed by atoms with Gasteiger partial charge in [0.25, 0.3) is 0 Å². The van der Waals surface area contributed by atoms with Crippen LogP contribution in [-0.2, 0) is 19.6 Å². The fourth-order valence-corrected chi connectivity index (χ4v) is 5.54. The number of urea groups is 1. The molecule has 0 saturated carbocycles. The lowest BCUT2D eigenvalue weighted by molar-refractivity contribution is -0.139. The van der Waals surface area contributed by atoms with Crippen molar-refractivity contribution in [2.45, 2.75) is 56.6 Å². The number of hydrogen-bond donors (Lipinski definition) is 5. The highest BCUT2D eigenvalue weighted by Gasteiger charge is 2.30. The normalized spacial score (nSPS) is 12.4. The number of carbonyl (C=O) groups is 3. The average molecular weight is 640 g/mol. The number of nitrogens with two attached hydrogens (primary N) is 1. The Balaban J connectivity index is 2.17. The number of unbranched alkanes of at least 4 members (excludes halogenated alkanes) is 1. The standard InChI is InChI=1S/C24H29Cl3N4O8S/c1-24(2,3)39-23(36)30-15(21(33)34)8-4-5-12-29-40(37,38)20-14(26)10-11-17(19(20)32)31(22(28)35)16-9-6-7-13(25)18(16)27/h6-7,9-11,15,29,32H,4-5,8,12H2,1-3H3,(H2,28,35)(H,30,36)(H,33,34). The van der Waals surface area contributed by atoms with Crippen molar-refractivity contribution in [3.05, 3.63) is 45.4 Å². The molecule has 0 aliphatic rings. The molecular weight excluding hydrogens is 611 g/mol. The Morgan fingerprint density at radius 1 is 1.05 bits per heavy atom. The van der Waals surface area contributed by atoms with E-state index in [1.807, 2.05) is 0 Å². The van der Waals surface area contributed by atoms with Crippen LogP contribution in [0.1, 0.15) is 40.0 Å². The number of aliphatic carboxylic acids is 1. The first-order valence-corrected chi connectivity index (χ1v) is 14.3. The number of phenols is 1. The zero-order valence-corrected chi connectivity index (χ0v) is 24.8. The molecule has 1 unspecified atom stereocenters. The molecule has 0 aliphatic carbocycles. The van der Waals surface area contributed by atoms with Crippen LogP contribution >= 0.6 is 34.8 Å². The van der Waals surface area contributed by atoms with E-state index in [-0.39, 0.29) is 52.2 Å². The minimum atomic E-state index is -4.44. The fourth-order valence-electron chi connectivity index (χ4n) is 3.46. The van der Waals surface area contributed by atoms with E-state index in [4.69, 9.17) is 45.3 Å². The quantitative estimate of drug-likeness (QED) is 0.212. The van der Waals surface area contributed by atoms with Gasteiger partial charge in [-0.05, 0) is 64.3 Å². The van der Waals surface area contributed by atoms with Crippen molar-refractivity contribution in [2.24, 2.45) is 5.73 Å². The second-order valence-electron chi connectivity index (χ2n) is 9.42. The highest BCUT2D eigenvalue weighted by atomic mass is 35.5. The molecule has 0 fully saturated rings. The number of amides is 3. The Hall–Kier alpha value is -2.97. The summed E-state index contributed by atoms with van der Waals surface area (Å²) in [5.41, 5.74) is 4.36. The number of carboxylic acid groups (broad SMARTS) is 1. The summed E-state index contributed by atoms with van der Waals surface area (Å²) in [5.74, 6) is -2.15. The SMILES string of the molecule is CC(C)(C)OC(=O)NC(CCCCNS(=O)(=O)c1c(Cl)ccc(N(C(N)=O)c2cccc(Cl)c2Cl)c1O)C(=O)O. The molecule has 0 heterocycles. The summed E-state index contributed by atoms with van der Waals surface area (Å²) in [6, 6.07) is 4.32. The monoisotopic (exact) mass is 638 g/mol. The number of primary amides is 1. The van der Waals surface area contributed by atoms with Crippen LogP contribution in [0.25, 0.3) is 0 Å². The summed E-state index contributed by atoms with van der Waals surface area (Å²) in [5, 5.41) is 22.2. The molecule has 0 aromatic heterocycles. The molecule has 2 rings (SSSR count). The molecule has 1 atom stereocenters. The molecule has 0 bridgehead atoms. The maximum absolute atomic E-state index is 13.1. The molecule has 6 N–H and O–H groups in total. The van der Waals surface area contributed by atoms with Crippen LogP contribution in [0.15, 0.2) is 35.2 Å². The molecule has 0 spiro atoms. The van der Waals surface area contributed by atoms with E-state index < -0.39 is 50.4 Å². The zero-order chi connectivity index (χ0) is 30.4. The Morgan fingerprint density at radius 3 is 2.27 bits per heavy atom. The number of carboxylic acids is 1. The number of carbonyl (C=O) groups excluding carboxylic acids is 2. The van der Waals surface area contributed by atoms with Gasteiger partial charge in [0.15, 0.2) is 5.75 Å². The summed E-state index contributed by atoms with van der Waals surface area (Å²) < 4.78 is 33.4. The van der Waals surface area contributed by atoms with Crippen LogP contribution in [0.5, 0.6) is 5.75 Å². The van der Waals surface area contributed by atoms with Gasteiger partial charge >= 0.3 is 18.1 Å². The molecule has 3 amide bonds. The number of phenolic OH excluding ortho intramolecular Hbond substituents is 1. The van der Waals surface area contributed by atoms with Crippen molar-refractivity contribution in [3.63, 3.8) is 0 Å². The van der Waals surface area contributed by atoms with Crippen LogP contribution in [0.3, 0.4) is 0 Å². The van der Waals surface area contributed by atoms with Crippen LogP contribution in [-0.4, -0.2) is 54.9 Å². The van der Waals surface area contributed by atoms with Crippen LogP contribution in [0, 0.1) is 0 Å². The number of sulfonamides is 1. The second-order valence-corrected chi connectivity index (χ2v) is 12.3. The molecule has 220 valence electrons. The van der Waals surface area contributed by atoms with Gasteiger partial charge in [0.05, 0.1) is 26.4 Å². The van der Waals surface area contributed by atoms with E-state index in [9.17, 15) is 33.0 Å². The third-order valence-electron chi connectivity index (χ3n) is 5.16. The van der Waals surface area contributed by atoms with Gasteiger partial charge in [0.1, 0.15) is 16.5 Å². The van der Waals surface area contributed by atoms with Gasteiger partial charge in [0, 0.05) is 6.54 Å². The summed E-state index contributed by atoms with van der Waals surface area (Å²) in [7, 11) is -4.44. The van der Waals surface area contributed by atoms with E-state index in [1.54, 1.807) is 20.8 Å². The van der Waals surface area contributed by atoms with E-state index in [1.165, 1.54) is 24.3 Å². The van der Waals surface area contributed by atoms with Crippen molar-refractivity contribution >= 4 is 74.3 Å². The average Bonchev–Trinajstić information content (AvgIpc) is 2.80. The van der Waals surface area contributed by atoms with Gasteiger partial charge < -0.3 is 26.0 Å². The molecular formula is C24H29Cl3N4O8S. The second kappa shape index (κ2) is 13.6. The summed E-state index contributed by atoms with van der Waals surface area (Å²) in [4.78, 5) is 35.7. The Kier molecular flexibility index (Phi) is 11.3. The molecule has 0 radical (unpaired) electrons.